The molecule has 1 fully saturated rings. The summed E-state index contributed by atoms with van der Waals surface area (Å²) in [6.07, 6.45) is 2.51. The minimum Gasteiger partial charge on any atom is -0.474 e. The molecule has 1 saturated carbocycles. The van der Waals surface area contributed by atoms with Gasteiger partial charge >= 0.3 is 6.18 Å². The largest absolute Gasteiger partial charge is 0.474 e. The highest BCUT2D eigenvalue weighted by Gasteiger charge is 2.28. The Labute approximate surface area is 220 Å². The molecule has 6 rings (SSSR count). The van der Waals surface area contributed by atoms with Crippen LogP contribution in [0.4, 0.5) is 24.9 Å². The Bertz CT molecular complexity index is 1570. The number of nitrogens with one attached hydrogen (secondary N) is 2. The molecule has 2 N–H and O–H groups in total. The summed E-state index contributed by atoms with van der Waals surface area (Å²) in [6, 6.07) is 14.6. The van der Waals surface area contributed by atoms with Gasteiger partial charge in [-0.3, -0.25) is 0 Å². The van der Waals surface area contributed by atoms with Gasteiger partial charge in [-0.05, 0) is 48.7 Å². The molecule has 4 aromatic heterocycles. The summed E-state index contributed by atoms with van der Waals surface area (Å²) in [7, 11) is 0. The first-order chi connectivity index (χ1) is 18.9. The monoisotopic (exact) mass is 533 g/mol. The molecule has 0 unspecified atom stereocenters. The number of aromatic nitrogens is 7. The first-order valence-corrected chi connectivity index (χ1v) is 12.2. The van der Waals surface area contributed by atoms with Gasteiger partial charge in [-0.25, -0.2) is 24.6 Å². The zero-order chi connectivity index (χ0) is 26.8. The molecular weight excluding hydrogens is 511 g/mol. The van der Waals surface area contributed by atoms with Crippen LogP contribution in [0, 0.1) is 0 Å². The molecular formula is C26H22F3N9O. The second-order valence-corrected chi connectivity index (χ2v) is 8.99. The first kappa shape index (κ1) is 24.5. The molecule has 1 aromatic carbocycles. The topological polar surface area (TPSA) is 116 Å². The number of hydrogen-bond donors (Lipinski definition) is 2. The fourth-order valence-corrected chi connectivity index (χ4v) is 3.81. The smallest absolute Gasteiger partial charge is 0.405 e. The quantitative estimate of drug-likeness (QED) is 0.276. The van der Waals surface area contributed by atoms with Crippen molar-refractivity contribution >= 4 is 22.8 Å². The second-order valence-electron chi connectivity index (χ2n) is 8.99. The summed E-state index contributed by atoms with van der Waals surface area (Å²) in [5, 5.41) is 9.56. The van der Waals surface area contributed by atoms with Crippen molar-refractivity contribution in [1.29, 1.82) is 0 Å². The molecule has 0 atom stereocenters. The molecule has 5 aromatic rings. The number of benzene rings is 1. The minimum absolute atomic E-state index is 0.0233. The van der Waals surface area contributed by atoms with Gasteiger partial charge in [0.2, 0.25) is 11.8 Å². The maximum atomic E-state index is 13.1. The van der Waals surface area contributed by atoms with Crippen LogP contribution >= 0.6 is 0 Å². The second kappa shape index (κ2) is 10.2. The number of ether oxygens (including phenoxy) is 1. The fourth-order valence-electron chi connectivity index (χ4n) is 3.81. The van der Waals surface area contributed by atoms with Crippen LogP contribution in [0.1, 0.15) is 18.4 Å². The van der Waals surface area contributed by atoms with E-state index in [1.54, 1.807) is 35.4 Å². The van der Waals surface area contributed by atoms with Crippen LogP contribution in [0.15, 0.2) is 67.4 Å². The highest BCUT2D eigenvalue weighted by Crippen LogP contribution is 2.29. The summed E-state index contributed by atoms with van der Waals surface area (Å²) >= 11 is 0. The maximum absolute atomic E-state index is 13.1. The Balaban J connectivity index is 1.24. The van der Waals surface area contributed by atoms with Crippen molar-refractivity contribution in [1.82, 2.24) is 34.7 Å². The maximum Gasteiger partial charge on any atom is 0.405 e. The van der Waals surface area contributed by atoms with Crippen molar-refractivity contribution in [2.24, 2.45) is 0 Å². The predicted molar refractivity (Wildman–Crippen MR) is 137 cm³/mol. The van der Waals surface area contributed by atoms with E-state index in [1.807, 2.05) is 30.3 Å². The Hall–Kier alpha value is -4.81. The molecule has 0 amide bonds. The van der Waals surface area contributed by atoms with Crippen LogP contribution in [0.25, 0.3) is 28.0 Å². The van der Waals surface area contributed by atoms with E-state index in [2.05, 4.69) is 40.7 Å². The van der Waals surface area contributed by atoms with Gasteiger partial charge < -0.3 is 15.4 Å². The average Bonchev–Trinajstić information content (AvgIpc) is 3.58. The van der Waals surface area contributed by atoms with Crippen LogP contribution in [0.3, 0.4) is 0 Å². The van der Waals surface area contributed by atoms with Crippen LogP contribution in [0.2, 0.25) is 0 Å². The average molecular weight is 534 g/mol. The summed E-state index contributed by atoms with van der Waals surface area (Å²) in [6.45, 7) is -0.905. The molecule has 1 aliphatic carbocycles. The van der Waals surface area contributed by atoms with Crippen LogP contribution in [0.5, 0.6) is 5.88 Å². The standard InChI is InChI=1S/C26H22F3N9O/c27-26(28,29)13-33-24-23-21(9-8-20(35-23)17-3-10-22(31-12-17)39-19-6-7-19)36-25(37-24)32-11-16-1-4-18(5-2-16)38-15-30-14-34-38/h1-5,8-10,12,14-15,19H,6-7,11,13H2,(H2,32,33,36,37). The lowest BCUT2D eigenvalue weighted by Gasteiger charge is -2.14. The van der Waals surface area contributed by atoms with Crippen molar-refractivity contribution in [3.05, 3.63) is 72.9 Å². The SMILES string of the molecule is FC(F)(F)CNc1nc(NCc2ccc(-n3cncn3)cc2)nc2ccc(-c3ccc(OC4CC4)nc3)nc12. The van der Waals surface area contributed by atoms with Gasteiger partial charge in [0.15, 0.2) is 5.82 Å². The van der Waals surface area contributed by atoms with E-state index in [4.69, 9.17) is 4.74 Å². The van der Waals surface area contributed by atoms with Crippen molar-refractivity contribution < 1.29 is 17.9 Å². The Morgan fingerprint density at radius 3 is 2.49 bits per heavy atom. The summed E-state index contributed by atoms with van der Waals surface area (Å²) < 4.78 is 46.5. The normalized spacial score (nSPS) is 13.4. The lowest BCUT2D eigenvalue weighted by Crippen LogP contribution is -2.22. The van der Waals surface area contributed by atoms with Gasteiger partial charge in [-0.2, -0.15) is 23.3 Å². The van der Waals surface area contributed by atoms with Crippen molar-refractivity contribution in [2.75, 3.05) is 17.2 Å². The van der Waals surface area contributed by atoms with Crippen LogP contribution < -0.4 is 15.4 Å². The first-order valence-electron chi connectivity index (χ1n) is 12.2. The number of pyridine rings is 2. The predicted octanol–water partition coefficient (Wildman–Crippen LogP) is 4.80. The van der Waals surface area contributed by atoms with Gasteiger partial charge in [0.05, 0.1) is 16.9 Å². The Morgan fingerprint density at radius 2 is 1.79 bits per heavy atom. The molecule has 0 radical (unpaired) electrons. The lowest BCUT2D eigenvalue weighted by atomic mass is 10.2. The fraction of sp³-hybridized carbons (Fsp3) is 0.231. The van der Waals surface area contributed by atoms with E-state index >= 15 is 0 Å². The number of anilines is 2. The van der Waals surface area contributed by atoms with Crippen LogP contribution in [-0.2, 0) is 6.54 Å². The summed E-state index contributed by atoms with van der Waals surface area (Å²) in [5.41, 5.74) is 3.60. The number of fused-ring (bicyclic) bond motifs is 1. The number of nitrogens with zero attached hydrogens (tertiary/aromatic N) is 7. The Kier molecular flexibility index (Phi) is 6.39. The van der Waals surface area contributed by atoms with Gasteiger partial charge in [0.25, 0.3) is 0 Å². The van der Waals surface area contributed by atoms with Gasteiger partial charge in [-0.1, -0.05) is 12.1 Å². The molecule has 0 saturated heterocycles. The van der Waals surface area contributed by atoms with E-state index in [0.717, 1.165) is 24.1 Å². The van der Waals surface area contributed by atoms with E-state index in [9.17, 15) is 13.2 Å². The number of alkyl halides is 3. The number of rotatable bonds is 9. The van der Waals surface area contributed by atoms with Crippen molar-refractivity contribution in [2.45, 2.75) is 31.7 Å². The highest BCUT2D eigenvalue weighted by atomic mass is 19.4. The zero-order valence-corrected chi connectivity index (χ0v) is 20.4. The molecule has 39 heavy (non-hydrogen) atoms. The summed E-state index contributed by atoms with van der Waals surface area (Å²) in [5.74, 6) is 0.678. The molecule has 198 valence electrons. The molecule has 1 aliphatic rings. The number of halogens is 3. The summed E-state index contributed by atoms with van der Waals surface area (Å²) in [4.78, 5) is 21.6. The third kappa shape index (κ3) is 6.03. The highest BCUT2D eigenvalue weighted by molar-refractivity contribution is 5.88. The lowest BCUT2D eigenvalue weighted by molar-refractivity contribution is -0.115. The van der Waals surface area contributed by atoms with E-state index in [0.29, 0.717) is 29.2 Å². The molecule has 0 aliphatic heterocycles. The molecule has 10 nitrogen and oxygen atoms in total. The molecule has 13 heteroatoms. The zero-order valence-electron chi connectivity index (χ0n) is 20.4. The molecule has 0 spiro atoms. The van der Waals surface area contributed by atoms with Gasteiger partial charge in [0, 0.05) is 24.4 Å². The molecule has 0 bridgehead atoms. The molecule has 4 heterocycles. The Morgan fingerprint density at radius 1 is 0.949 bits per heavy atom. The van der Waals surface area contributed by atoms with E-state index in [1.165, 1.54) is 6.33 Å². The third-order valence-corrected chi connectivity index (χ3v) is 5.91. The van der Waals surface area contributed by atoms with Gasteiger partial charge in [0.1, 0.15) is 30.8 Å². The van der Waals surface area contributed by atoms with Gasteiger partial charge in [-0.15, -0.1) is 0 Å². The minimum atomic E-state index is -4.43. The van der Waals surface area contributed by atoms with E-state index in [-0.39, 0.29) is 23.4 Å². The van der Waals surface area contributed by atoms with Crippen LogP contribution in [-0.4, -0.2) is 53.5 Å². The number of hydrogen-bond acceptors (Lipinski definition) is 9. The van der Waals surface area contributed by atoms with Crippen molar-refractivity contribution in [3.63, 3.8) is 0 Å². The third-order valence-electron chi connectivity index (χ3n) is 5.91. The van der Waals surface area contributed by atoms with E-state index < -0.39 is 12.7 Å². The van der Waals surface area contributed by atoms with Crippen molar-refractivity contribution in [3.8, 4) is 22.8 Å².